The van der Waals surface area contributed by atoms with Gasteiger partial charge < -0.3 is 19.3 Å². The lowest BCUT2D eigenvalue weighted by molar-refractivity contribution is 0.116. The molecule has 0 amide bonds. The van der Waals surface area contributed by atoms with Crippen LogP contribution in [0.1, 0.15) is 56.9 Å². The standard InChI is InChI=1S/C26H36FN3O2/c1-17(2)22-15-30(21-8-6-20(27)7-9-21)26-25(22)24(14-23(28-26)18(3)32-5)29-12-10-19(11-13-29)16-31-4/h6-9,14,17-19,22H,10-13,15-16H2,1-5H3. The van der Waals surface area contributed by atoms with Crippen molar-refractivity contribution in [1.29, 1.82) is 0 Å². The Morgan fingerprint density at radius 3 is 2.38 bits per heavy atom. The molecule has 0 bridgehead atoms. The first-order valence-electron chi connectivity index (χ1n) is 11.8. The summed E-state index contributed by atoms with van der Waals surface area (Å²) in [5, 5.41) is 0. The van der Waals surface area contributed by atoms with Gasteiger partial charge in [0, 0.05) is 63.3 Å². The van der Waals surface area contributed by atoms with E-state index in [9.17, 15) is 4.39 Å². The Hall–Kier alpha value is -2.18. The minimum Gasteiger partial charge on any atom is -0.384 e. The molecule has 4 rings (SSSR count). The first-order valence-corrected chi connectivity index (χ1v) is 11.8. The van der Waals surface area contributed by atoms with E-state index in [2.05, 4.69) is 29.7 Å². The van der Waals surface area contributed by atoms with Crippen LogP contribution in [0.5, 0.6) is 0 Å². The Morgan fingerprint density at radius 1 is 1.09 bits per heavy atom. The molecule has 1 aromatic carbocycles. The second kappa shape index (κ2) is 9.75. The molecule has 0 aliphatic carbocycles. The van der Waals surface area contributed by atoms with Gasteiger partial charge in [-0.1, -0.05) is 13.8 Å². The lowest BCUT2D eigenvalue weighted by Crippen LogP contribution is -2.36. The van der Waals surface area contributed by atoms with Gasteiger partial charge in [-0.05, 0) is 61.9 Å². The van der Waals surface area contributed by atoms with Gasteiger partial charge in [0.25, 0.3) is 0 Å². The number of piperidine rings is 1. The van der Waals surface area contributed by atoms with E-state index in [-0.39, 0.29) is 11.9 Å². The number of rotatable bonds is 7. The van der Waals surface area contributed by atoms with Crippen LogP contribution in [0.4, 0.5) is 21.6 Å². The van der Waals surface area contributed by atoms with Crippen molar-refractivity contribution in [3.8, 4) is 0 Å². The van der Waals surface area contributed by atoms with Crippen molar-refractivity contribution in [2.24, 2.45) is 11.8 Å². The third-order valence-electron chi connectivity index (χ3n) is 7.11. The molecule has 2 unspecified atom stereocenters. The largest absolute Gasteiger partial charge is 0.384 e. The lowest BCUT2D eigenvalue weighted by Gasteiger charge is -2.35. The van der Waals surface area contributed by atoms with Gasteiger partial charge in [0.1, 0.15) is 11.6 Å². The molecule has 32 heavy (non-hydrogen) atoms. The molecule has 2 aliphatic rings. The first kappa shape index (κ1) is 23.0. The van der Waals surface area contributed by atoms with Gasteiger partial charge in [0.15, 0.2) is 0 Å². The van der Waals surface area contributed by atoms with Crippen LogP contribution in [0, 0.1) is 17.7 Å². The molecular weight excluding hydrogens is 405 g/mol. The molecule has 5 nitrogen and oxygen atoms in total. The fourth-order valence-corrected chi connectivity index (χ4v) is 5.04. The van der Waals surface area contributed by atoms with Gasteiger partial charge in [-0.25, -0.2) is 9.37 Å². The zero-order valence-corrected chi connectivity index (χ0v) is 20.0. The second-order valence-electron chi connectivity index (χ2n) is 9.50. The van der Waals surface area contributed by atoms with E-state index < -0.39 is 0 Å². The molecule has 2 atom stereocenters. The molecule has 0 spiro atoms. The van der Waals surface area contributed by atoms with Crippen LogP contribution in [-0.4, -0.2) is 45.4 Å². The third kappa shape index (κ3) is 4.48. The molecule has 0 N–H and O–H groups in total. The smallest absolute Gasteiger partial charge is 0.139 e. The number of aromatic nitrogens is 1. The van der Waals surface area contributed by atoms with Gasteiger partial charge in [0.2, 0.25) is 0 Å². The highest BCUT2D eigenvalue weighted by atomic mass is 19.1. The van der Waals surface area contributed by atoms with Crippen molar-refractivity contribution < 1.29 is 13.9 Å². The molecule has 2 aromatic rings. The molecule has 6 heteroatoms. The van der Waals surface area contributed by atoms with E-state index >= 15 is 0 Å². The van der Waals surface area contributed by atoms with Crippen LogP contribution >= 0.6 is 0 Å². The van der Waals surface area contributed by atoms with Crippen LogP contribution in [0.2, 0.25) is 0 Å². The van der Waals surface area contributed by atoms with E-state index in [1.54, 1.807) is 14.2 Å². The predicted molar refractivity (Wildman–Crippen MR) is 127 cm³/mol. The molecule has 174 valence electrons. The Balaban J connectivity index is 1.79. The van der Waals surface area contributed by atoms with Crippen molar-refractivity contribution in [2.45, 2.75) is 45.6 Å². The highest BCUT2D eigenvalue weighted by Crippen LogP contribution is 2.48. The number of benzene rings is 1. The monoisotopic (exact) mass is 441 g/mol. The van der Waals surface area contributed by atoms with E-state index in [0.29, 0.717) is 17.8 Å². The Kier molecular flexibility index (Phi) is 7.01. The van der Waals surface area contributed by atoms with Gasteiger partial charge in [-0.3, -0.25) is 0 Å². The topological polar surface area (TPSA) is 37.8 Å². The summed E-state index contributed by atoms with van der Waals surface area (Å²) in [6.45, 7) is 10.3. The Labute approximate surface area is 191 Å². The number of nitrogens with zero attached hydrogens (tertiary/aromatic N) is 3. The number of hydrogen-bond donors (Lipinski definition) is 0. The number of hydrogen-bond acceptors (Lipinski definition) is 5. The average Bonchev–Trinajstić information content (AvgIpc) is 3.19. The van der Waals surface area contributed by atoms with Crippen LogP contribution in [0.25, 0.3) is 0 Å². The number of anilines is 3. The van der Waals surface area contributed by atoms with Crippen LogP contribution < -0.4 is 9.80 Å². The van der Waals surface area contributed by atoms with Gasteiger partial charge in [0.05, 0.1) is 11.8 Å². The van der Waals surface area contributed by atoms with Crippen molar-refractivity contribution in [3.63, 3.8) is 0 Å². The second-order valence-corrected chi connectivity index (χ2v) is 9.50. The molecular formula is C26H36FN3O2. The summed E-state index contributed by atoms with van der Waals surface area (Å²) in [5.74, 6) is 2.23. The molecule has 1 saturated heterocycles. The van der Waals surface area contributed by atoms with Crippen molar-refractivity contribution >= 4 is 17.2 Å². The summed E-state index contributed by atoms with van der Waals surface area (Å²) in [5.41, 5.74) is 4.53. The molecule has 0 radical (unpaired) electrons. The molecule has 1 aromatic heterocycles. The normalized spacial score (nSPS) is 20.2. The number of pyridine rings is 1. The van der Waals surface area contributed by atoms with Crippen LogP contribution in [0.3, 0.4) is 0 Å². The summed E-state index contributed by atoms with van der Waals surface area (Å²) in [6.07, 6.45) is 2.17. The number of fused-ring (bicyclic) bond motifs is 1. The number of ether oxygens (including phenoxy) is 2. The highest BCUT2D eigenvalue weighted by Gasteiger charge is 2.37. The van der Waals surface area contributed by atoms with Crippen LogP contribution in [-0.2, 0) is 9.47 Å². The van der Waals surface area contributed by atoms with E-state index in [1.807, 2.05) is 19.1 Å². The minimum atomic E-state index is -0.220. The van der Waals surface area contributed by atoms with Gasteiger partial charge >= 0.3 is 0 Å². The summed E-state index contributed by atoms with van der Waals surface area (Å²) < 4.78 is 24.7. The Morgan fingerprint density at radius 2 is 1.78 bits per heavy atom. The van der Waals surface area contributed by atoms with Crippen molar-refractivity contribution in [2.75, 3.05) is 50.3 Å². The maximum Gasteiger partial charge on any atom is 0.139 e. The summed E-state index contributed by atoms with van der Waals surface area (Å²) in [6, 6.07) is 9.01. The summed E-state index contributed by atoms with van der Waals surface area (Å²) >= 11 is 0. The summed E-state index contributed by atoms with van der Waals surface area (Å²) in [7, 11) is 3.52. The molecule has 3 heterocycles. The zero-order valence-electron chi connectivity index (χ0n) is 20.0. The third-order valence-corrected chi connectivity index (χ3v) is 7.11. The van der Waals surface area contributed by atoms with Gasteiger partial charge in [-0.2, -0.15) is 0 Å². The minimum absolute atomic E-state index is 0.0988. The fraction of sp³-hybridized carbons (Fsp3) is 0.577. The Bertz CT molecular complexity index is 910. The SMILES string of the molecule is COCC1CCN(c2cc(C(C)OC)nc3c2C(C(C)C)CN3c2ccc(F)cc2)CC1. The predicted octanol–water partition coefficient (Wildman–Crippen LogP) is 5.68. The van der Waals surface area contributed by atoms with Crippen molar-refractivity contribution in [3.05, 3.63) is 47.4 Å². The van der Waals surface area contributed by atoms with E-state index in [0.717, 1.165) is 56.3 Å². The number of methoxy groups -OCH3 is 2. The maximum absolute atomic E-state index is 13.6. The molecule has 0 saturated carbocycles. The quantitative estimate of drug-likeness (QED) is 0.552. The zero-order chi connectivity index (χ0) is 22.8. The average molecular weight is 442 g/mol. The molecule has 1 fully saturated rings. The van der Waals surface area contributed by atoms with E-state index in [4.69, 9.17) is 14.5 Å². The number of halogens is 1. The van der Waals surface area contributed by atoms with E-state index in [1.165, 1.54) is 23.4 Å². The highest BCUT2D eigenvalue weighted by molar-refractivity contribution is 5.76. The molecule has 2 aliphatic heterocycles. The maximum atomic E-state index is 13.6. The lowest BCUT2D eigenvalue weighted by atomic mass is 9.88. The van der Waals surface area contributed by atoms with Gasteiger partial charge in [-0.15, -0.1) is 0 Å². The fourth-order valence-electron chi connectivity index (χ4n) is 5.04. The summed E-state index contributed by atoms with van der Waals surface area (Å²) in [4.78, 5) is 9.88. The van der Waals surface area contributed by atoms with Crippen LogP contribution in [0.15, 0.2) is 30.3 Å². The first-order chi connectivity index (χ1) is 15.4. The van der Waals surface area contributed by atoms with Crippen molar-refractivity contribution in [1.82, 2.24) is 4.98 Å².